The number of rotatable bonds is 8. The summed E-state index contributed by atoms with van der Waals surface area (Å²) in [5.74, 6) is -2.22. The number of aliphatic imine (C=N–C) groups is 2. The Morgan fingerprint density at radius 1 is 0.594 bits per heavy atom. The van der Waals surface area contributed by atoms with Crippen LogP contribution in [-0.4, -0.2) is 34.3 Å². The topological polar surface area (TPSA) is 210 Å². The van der Waals surface area contributed by atoms with Gasteiger partial charge >= 0.3 is 11.9 Å². The Bertz CT molecular complexity index is 3790. The van der Waals surface area contributed by atoms with Gasteiger partial charge in [-0.15, -0.1) is 45.3 Å². The molecule has 0 spiro atoms. The molecule has 8 aromatic rings. The predicted octanol–water partition coefficient (Wildman–Crippen LogP) is 11.4. The molecule has 1 atom stereocenters. The molecule has 0 saturated heterocycles. The Hall–Kier alpha value is -8.45. The number of carbonyl (C=O) groups is 3. The molecule has 0 fully saturated rings. The van der Waals surface area contributed by atoms with Gasteiger partial charge in [-0.1, -0.05) is 109 Å². The van der Waals surface area contributed by atoms with E-state index in [9.17, 15) is 30.9 Å². The van der Waals surface area contributed by atoms with Crippen molar-refractivity contribution in [3.05, 3.63) is 177 Å². The summed E-state index contributed by atoms with van der Waals surface area (Å²) in [6, 6.07) is 43.0. The van der Waals surface area contributed by atoms with E-state index in [0.29, 0.717) is 83.1 Å². The number of benzene rings is 4. The maximum Gasteiger partial charge on any atom is 0.333 e. The summed E-state index contributed by atoms with van der Waals surface area (Å²) >= 11 is 5.02. The number of ketones is 1. The minimum absolute atomic E-state index is 0.0747. The lowest BCUT2D eigenvalue weighted by atomic mass is 9.79. The van der Waals surface area contributed by atoms with Gasteiger partial charge in [-0.05, 0) is 39.9 Å². The highest BCUT2D eigenvalue weighted by Gasteiger charge is 2.62. The second kappa shape index (κ2) is 17.0. The van der Waals surface area contributed by atoms with Gasteiger partial charge in [0.05, 0.1) is 24.9 Å². The lowest BCUT2D eigenvalue weighted by molar-refractivity contribution is -0.164. The lowest BCUT2D eigenvalue weighted by Gasteiger charge is -2.27. The van der Waals surface area contributed by atoms with E-state index in [-0.39, 0.29) is 46.9 Å². The minimum atomic E-state index is -2.21. The minimum Gasteiger partial charge on any atom is -0.459 e. The highest BCUT2D eigenvalue weighted by Crippen LogP contribution is 2.64. The first-order valence-electron chi connectivity index (χ1n) is 20.9. The monoisotopic (exact) mass is 970 g/mol. The van der Waals surface area contributed by atoms with Crippen LogP contribution in [0.3, 0.4) is 0 Å². The second-order valence-electron chi connectivity index (χ2n) is 15.8. The van der Waals surface area contributed by atoms with Gasteiger partial charge in [0, 0.05) is 37.2 Å². The number of Topliss-reactive ketones (excluding diaryl/α,β-unsaturated/α-hetero) is 1. The molecule has 69 heavy (non-hydrogen) atoms. The van der Waals surface area contributed by atoms with E-state index < -0.39 is 29.2 Å². The van der Waals surface area contributed by atoms with E-state index in [4.69, 9.17) is 19.5 Å². The fourth-order valence-corrected chi connectivity index (χ4v) is 14.4. The van der Waals surface area contributed by atoms with Crippen LogP contribution in [0.15, 0.2) is 142 Å². The molecule has 0 bridgehead atoms. The summed E-state index contributed by atoms with van der Waals surface area (Å²) in [6.45, 7) is -0.340. The van der Waals surface area contributed by atoms with Crippen LogP contribution in [0, 0.1) is 45.3 Å². The van der Waals surface area contributed by atoms with Crippen LogP contribution >= 0.6 is 45.3 Å². The van der Waals surface area contributed by atoms with Crippen LogP contribution in [-0.2, 0) is 37.7 Å². The molecule has 4 aromatic heterocycles. The SMILES string of the molecule is N#CC(C#N)=C1/C(=N\c2cc3sc4c(c3s2)C(C(=O)OCc2ccccc2)(C(=O)OCc2ccccc2)c2c-4sc3cc(/N=C4/C(=C(C#N)C#N)c5ccccc5C4O)sc23)C(=O)c2ccccc21. The molecule has 3 aliphatic rings. The van der Waals surface area contributed by atoms with Gasteiger partial charge in [0.25, 0.3) is 0 Å². The number of nitrogens with zero attached hydrogens (tertiary/aromatic N) is 6. The molecule has 328 valence electrons. The van der Waals surface area contributed by atoms with Gasteiger partial charge in [0.15, 0.2) is 0 Å². The van der Waals surface area contributed by atoms with Crippen LogP contribution in [0.4, 0.5) is 10.0 Å². The molecule has 4 heterocycles. The number of fused-ring (bicyclic) bond motifs is 9. The van der Waals surface area contributed by atoms with Crippen molar-refractivity contribution in [1.29, 1.82) is 21.0 Å². The van der Waals surface area contributed by atoms with Crippen molar-refractivity contribution in [2.45, 2.75) is 24.7 Å². The first kappa shape index (κ1) is 43.1. The molecule has 16 heteroatoms. The molecular formula is C53H26N6O6S4. The van der Waals surface area contributed by atoms with E-state index in [0.717, 1.165) is 11.3 Å². The Labute approximate surface area is 407 Å². The van der Waals surface area contributed by atoms with E-state index in [1.807, 2.05) is 60.7 Å². The van der Waals surface area contributed by atoms with Gasteiger partial charge in [-0.2, -0.15) is 21.0 Å². The largest absolute Gasteiger partial charge is 0.459 e. The lowest BCUT2D eigenvalue weighted by Crippen LogP contribution is -2.45. The number of hydrogen-bond donors (Lipinski definition) is 1. The number of carbonyl (C=O) groups excluding carboxylic acids is 3. The summed E-state index contributed by atoms with van der Waals surface area (Å²) in [4.78, 5) is 55.9. The molecular weight excluding hydrogens is 945 g/mol. The maximum atomic E-state index is 15.5. The smallest absolute Gasteiger partial charge is 0.333 e. The van der Waals surface area contributed by atoms with Crippen molar-refractivity contribution in [3.8, 4) is 34.0 Å². The molecule has 0 aliphatic heterocycles. The van der Waals surface area contributed by atoms with Crippen molar-refractivity contribution < 1.29 is 29.0 Å². The van der Waals surface area contributed by atoms with E-state index in [2.05, 4.69) is 0 Å². The Morgan fingerprint density at radius 2 is 1.06 bits per heavy atom. The molecule has 1 unspecified atom stereocenters. The Morgan fingerprint density at radius 3 is 1.59 bits per heavy atom. The fraction of sp³-hybridized carbons (Fsp3) is 0.0755. The van der Waals surface area contributed by atoms with Gasteiger partial charge in [-0.3, -0.25) is 14.4 Å². The third-order valence-electron chi connectivity index (χ3n) is 12.0. The fourth-order valence-electron chi connectivity index (χ4n) is 9.04. The predicted molar refractivity (Wildman–Crippen MR) is 264 cm³/mol. The second-order valence-corrected chi connectivity index (χ2v) is 20.0. The molecule has 1 N–H and O–H groups in total. The van der Waals surface area contributed by atoms with Crippen LogP contribution < -0.4 is 0 Å². The molecule has 11 rings (SSSR count). The zero-order valence-electron chi connectivity index (χ0n) is 35.3. The maximum absolute atomic E-state index is 15.5. The number of aliphatic hydroxyl groups is 1. The Balaban J connectivity index is 1.12. The first-order valence-corrected chi connectivity index (χ1v) is 24.2. The van der Waals surface area contributed by atoms with Crippen molar-refractivity contribution in [2.75, 3.05) is 0 Å². The first-order chi connectivity index (χ1) is 33.7. The highest BCUT2D eigenvalue weighted by molar-refractivity contribution is 7.36. The average Bonchev–Trinajstić information content (AvgIpc) is 4.24. The van der Waals surface area contributed by atoms with Crippen molar-refractivity contribution in [3.63, 3.8) is 0 Å². The summed E-state index contributed by atoms with van der Waals surface area (Å²) in [7, 11) is 0. The van der Waals surface area contributed by atoms with Crippen molar-refractivity contribution in [1.82, 2.24) is 0 Å². The summed E-state index contributed by atoms with van der Waals surface area (Å²) in [6.07, 6.45) is -1.25. The molecule has 0 amide bonds. The van der Waals surface area contributed by atoms with Crippen LogP contribution in [0.25, 0.3) is 39.7 Å². The number of nitriles is 4. The molecule has 12 nitrogen and oxygen atoms in total. The third kappa shape index (κ3) is 6.70. The van der Waals surface area contributed by atoms with Gasteiger partial charge in [-0.25, -0.2) is 9.98 Å². The van der Waals surface area contributed by atoms with E-state index in [1.54, 1.807) is 84.9 Å². The number of allylic oxidation sites excluding steroid dienone is 3. The Kier molecular flexibility index (Phi) is 10.6. The number of ether oxygens (including phenoxy) is 2. The summed E-state index contributed by atoms with van der Waals surface area (Å²) < 4.78 is 14.8. The number of thiophene rings is 4. The quantitative estimate of drug-likeness (QED) is 0.0865. The average molecular weight is 971 g/mol. The van der Waals surface area contributed by atoms with Gasteiger partial charge in [0.1, 0.15) is 70.5 Å². The molecule has 0 saturated carbocycles. The highest BCUT2D eigenvalue weighted by atomic mass is 32.1. The molecule has 3 aliphatic carbocycles. The van der Waals surface area contributed by atoms with E-state index in [1.165, 1.54) is 34.0 Å². The summed E-state index contributed by atoms with van der Waals surface area (Å²) in [5, 5.41) is 52.2. The van der Waals surface area contributed by atoms with Crippen molar-refractivity contribution >= 4 is 114 Å². The van der Waals surface area contributed by atoms with Gasteiger partial charge in [0.2, 0.25) is 11.2 Å². The normalized spacial score (nSPS) is 16.1. The molecule has 0 radical (unpaired) electrons. The van der Waals surface area contributed by atoms with E-state index >= 15 is 9.59 Å². The zero-order valence-corrected chi connectivity index (χ0v) is 38.6. The van der Waals surface area contributed by atoms with Crippen LogP contribution in [0.2, 0.25) is 0 Å². The number of aliphatic hydroxyl groups excluding tert-OH is 1. The third-order valence-corrected chi connectivity index (χ3v) is 16.8. The van der Waals surface area contributed by atoms with Crippen molar-refractivity contribution in [2.24, 2.45) is 9.98 Å². The standard InChI is InChI=1S/C53H26N6O6S4/c54-21-29(22-55)39-31-15-7-9-17-33(31)45(60)43(39)58-37-19-35-47(68-37)41-49(66-35)50-42(53(41,51(62)64-25-27-11-3-1-4-12-27)52(63)65-26-28-13-5-2-6-14-28)48-36(67-50)20-38(69-48)59-44-40(30(23-56)24-57)32-16-8-10-18-34(32)46(44)61/h1-20,45,60H,25-26H2/b58-43-,59-44+. The van der Waals surface area contributed by atoms with Gasteiger partial charge < -0.3 is 14.6 Å². The summed E-state index contributed by atoms with van der Waals surface area (Å²) in [5.41, 5.74) is 1.48. The van der Waals surface area contributed by atoms with Crippen LogP contribution in [0.1, 0.15) is 55.4 Å². The zero-order chi connectivity index (χ0) is 47.6. The van der Waals surface area contributed by atoms with Crippen LogP contribution in [0.5, 0.6) is 0 Å². The molecule has 4 aromatic carbocycles. The number of esters is 2. The number of hydrogen-bond acceptors (Lipinski definition) is 16.